The summed E-state index contributed by atoms with van der Waals surface area (Å²) < 4.78 is 0. The zero-order valence-electron chi connectivity index (χ0n) is 13.1. The van der Waals surface area contributed by atoms with Gasteiger partial charge in [0.1, 0.15) is 0 Å². The highest BCUT2D eigenvalue weighted by atomic mass is 16.2. The Hall–Kier alpha value is -1.39. The molecule has 0 aromatic heterocycles. The van der Waals surface area contributed by atoms with Gasteiger partial charge in [-0.3, -0.25) is 9.69 Å². The lowest BCUT2D eigenvalue weighted by Gasteiger charge is -2.30. The molecule has 0 saturated heterocycles. The first-order chi connectivity index (χ1) is 9.54. The summed E-state index contributed by atoms with van der Waals surface area (Å²) in [5.41, 5.74) is 8.34. The van der Waals surface area contributed by atoms with E-state index in [-0.39, 0.29) is 11.9 Å². The zero-order chi connectivity index (χ0) is 15.1. The maximum absolute atomic E-state index is 12.2. The number of nitrogens with two attached hydrogens (primary N) is 1. The van der Waals surface area contributed by atoms with Crippen molar-refractivity contribution in [1.29, 1.82) is 0 Å². The molecule has 0 aliphatic carbocycles. The molecule has 0 aliphatic heterocycles. The predicted octanol–water partition coefficient (Wildman–Crippen LogP) is 1.80. The van der Waals surface area contributed by atoms with Crippen LogP contribution in [-0.4, -0.2) is 48.9 Å². The fourth-order valence-electron chi connectivity index (χ4n) is 2.50. The summed E-state index contributed by atoms with van der Waals surface area (Å²) in [6.45, 7) is 8.50. The molecule has 1 rings (SSSR count). The monoisotopic (exact) mass is 277 g/mol. The second-order valence-electron chi connectivity index (χ2n) is 5.09. The fraction of sp³-hybridized carbons (Fsp3) is 0.562. The molecule has 1 aromatic rings. The molecule has 2 N–H and O–H groups in total. The standard InChI is InChI=1S/C16H27N3O/c1-5-19(6-2)16(20)12-18(4)15(11-17)14-10-8-7-9-13(14)3/h7-10,15H,5-6,11-12,17H2,1-4H3. The van der Waals surface area contributed by atoms with E-state index in [0.29, 0.717) is 13.1 Å². The quantitative estimate of drug-likeness (QED) is 0.826. The topological polar surface area (TPSA) is 49.6 Å². The van der Waals surface area contributed by atoms with E-state index >= 15 is 0 Å². The number of hydrogen-bond donors (Lipinski definition) is 1. The van der Waals surface area contributed by atoms with Gasteiger partial charge in [-0.25, -0.2) is 0 Å². The largest absolute Gasteiger partial charge is 0.342 e. The van der Waals surface area contributed by atoms with Crippen LogP contribution in [0.1, 0.15) is 31.0 Å². The van der Waals surface area contributed by atoms with E-state index in [2.05, 4.69) is 19.1 Å². The number of likely N-dealkylation sites (N-methyl/N-ethyl adjacent to an activating group) is 2. The zero-order valence-corrected chi connectivity index (χ0v) is 13.1. The number of amides is 1. The Balaban J connectivity index is 2.80. The molecule has 0 radical (unpaired) electrons. The summed E-state index contributed by atoms with van der Waals surface area (Å²) in [6.07, 6.45) is 0. The number of carbonyl (C=O) groups excluding carboxylic acids is 1. The van der Waals surface area contributed by atoms with Gasteiger partial charge in [0, 0.05) is 25.7 Å². The van der Waals surface area contributed by atoms with Gasteiger partial charge in [-0.2, -0.15) is 0 Å². The lowest BCUT2D eigenvalue weighted by molar-refractivity contribution is -0.132. The van der Waals surface area contributed by atoms with Gasteiger partial charge in [0.2, 0.25) is 5.91 Å². The molecule has 0 aliphatic rings. The van der Waals surface area contributed by atoms with Crippen molar-refractivity contribution in [2.24, 2.45) is 5.73 Å². The summed E-state index contributed by atoms with van der Waals surface area (Å²) in [5.74, 6) is 0.157. The first kappa shape index (κ1) is 16.7. The van der Waals surface area contributed by atoms with Crippen LogP contribution in [0.4, 0.5) is 0 Å². The van der Waals surface area contributed by atoms with Crippen molar-refractivity contribution < 1.29 is 4.79 Å². The van der Waals surface area contributed by atoms with Crippen LogP contribution >= 0.6 is 0 Å². The summed E-state index contributed by atoms with van der Waals surface area (Å²) in [7, 11) is 1.96. The highest BCUT2D eigenvalue weighted by Crippen LogP contribution is 2.21. The van der Waals surface area contributed by atoms with E-state index in [1.165, 1.54) is 11.1 Å². The Morgan fingerprint density at radius 2 is 1.85 bits per heavy atom. The van der Waals surface area contributed by atoms with Crippen LogP contribution < -0.4 is 5.73 Å². The minimum atomic E-state index is 0.0794. The maximum Gasteiger partial charge on any atom is 0.236 e. The van der Waals surface area contributed by atoms with Gasteiger partial charge in [-0.1, -0.05) is 24.3 Å². The number of aryl methyl sites for hydroxylation is 1. The van der Waals surface area contributed by atoms with Crippen molar-refractivity contribution >= 4 is 5.91 Å². The third kappa shape index (κ3) is 4.05. The van der Waals surface area contributed by atoms with Gasteiger partial charge in [-0.15, -0.1) is 0 Å². The van der Waals surface area contributed by atoms with Gasteiger partial charge in [-0.05, 0) is 38.9 Å². The highest BCUT2D eigenvalue weighted by molar-refractivity contribution is 5.78. The number of hydrogen-bond acceptors (Lipinski definition) is 3. The van der Waals surface area contributed by atoms with Gasteiger partial charge in [0.25, 0.3) is 0 Å². The Labute approximate surface area is 122 Å². The highest BCUT2D eigenvalue weighted by Gasteiger charge is 2.21. The normalized spacial score (nSPS) is 12.5. The Morgan fingerprint density at radius 3 is 2.35 bits per heavy atom. The van der Waals surface area contributed by atoms with Gasteiger partial charge in [0.05, 0.1) is 6.54 Å². The van der Waals surface area contributed by atoms with E-state index in [1.807, 2.05) is 42.8 Å². The molecule has 0 heterocycles. The Kier molecular flexibility index (Phi) is 6.68. The minimum absolute atomic E-state index is 0.0794. The molecule has 1 aromatic carbocycles. The van der Waals surface area contributed by atoms with E-state index in [0.717, 1.165) is 13.1 Å². The van der Waals surface area contributed by atoms with Crippen molar-refractivity contribution in [1.82, 2.24) is 9.80 Å². The second-order valence-corrected chi connectivity index (χ2v) is 5.09. The molecular formula is C16H27N3O. The molecule has 0 fully saturated rings. The summed E-state index contributed by atoms with van der Waals surface area (Å²) >= 11 is 0. The van der Waals surface area contributed by atoms with Gasteiger partial charge in [0.15, 0.2) is 0 Å². The summed E-state index contributed by atoms with van der Waals surface area (Å²) in [5, 5.41) is 0. The first-order valence-electron chi connectivity index (χ1n) is 7.28. The van der Waals surface area contributed by atoms with E-state index < -0.39 is 0 Å². The average Bonchev–Trinajstić information content (AvgIpc) is 2.43. The molecule has 20 heavy (non-hydrogen) atoms. The van der Waals surface area contributed by atoms with Gasteiger partial charge < -0.3 is 10.6 Å². The second kappa shape index (κ2) is 8.02. The Bertz CT molecular complexity index is 429. The molecule has 4 nitrogen and oxygen atoms in total. The predicted molar refractivity (Wildman–Crippen MR) is 83.5 cm³/mol. The minimum Gasteiger partial charge on any atom is -0.342 e. The molecule has 0 bridgehead atoms. The lowest BCUT2D eigenvalue weighted by atomic mass is 10.0. The van der Waals surface area contributed by atoms with Crippen LogP contribution in [0.5, 0.6) is 0 Å². The molecular weight excluding hydrogens is 250 g/mol. The lowest BCUT2D eigenvalue weighted by Crippen LogP contribution is -2.41. The molecule has 112 valence electrons. The third-order valence-corrected chi connectivity index (χ3v) is 3.80. The van der Waals surface area contributed by atoms with Crippen molar-refractivity contribution in [3.8, 4) is 0 Å². The average molecular weight is 277 g/mol. The number of carbonyl (C=O) groups is 1. The van der Waals surface area contributed by atoms with Crippen LogP contribution in [0, 0.1) is 6.92 Å². The summed E-state index contributed by atoms with van der Waals surface area (Å²) in [4.78, 5) is 16.1. The first-order valence-corrected chi connectivity index (χ1v) is 7.28. The number of rotatable bonds is 7. The van der Waals surface area contributed by atoms with E-state index in [4.69, 9.17) is 5.73 Å². The third-order valence-electron chi connectivity index (χ3n) is 3.80. The van der Waals surface area contributed by atoms with Gasteiger partial charge >= 0.3 is 0 Å². The van der Waals surface area contributed by atoms with Crippen molar-refractivity contribution in [3.05, 3.63) is 35.4 Å². The molecule has 1 unspecified atom stereocenters. The van der Waals surface area contributed by atoms with E-state index in [1.54, 1.807) is 0 Å². The molecule has 1 amide bonds. The van der Waals surface area contributed by atoms with Crippen LogP contribution in [-0.2, 0) is 4.79 Å². The summed E-state index contributed by atoms with van der Waals surface area (Å²) in [6, 6.07) is 8.29. The molecule has 0 spiro atoms. The molecule has 4 heteroatoms. The van der Waals surface area contributed by atoms with Crippen molar-refractivity contribution in [2.45, 2.75) is 26.8 Å². The van der Waals surface area contributed by atoms with Crippen LogP contribution in [0.2, 0.25) is 0 Å². The fourth-order valence-corrected chi connectivity index (χ4v) is 2.50. The Morgan fingerprint density at radius 1 is 1.25 bits per heavy atom. The van der Waals surface area contributed by atoms with Crippen LogP contribution in [0.25, 0.3) is 0 Å². The molecule has 0 saturated carbocycles. The maximum atomic E-state index is 12.2. The number of nitrogens with zero attached hydrogens (tertiary/aromatic N) is 2. The van der Waals surface area contributed by atoms with Crippen molar-refractivity contribution in [2.75, 3.05) is 33.2 Å². The molecule has 1 atom stereocenters. The van der Waals surface area contributed by atoms with Crippen LogP contribution in [0.3, 0.4) is 0 Å². The SMILES string of the molecule is CCN(CC)C(=O)CN(C)C(CN)c1ccccc1C. The number of benzene rings is 1. The van der Waals surface area contributed by atoms with Crippen LogP contribution in [0.15, 0.2) is 24.3 Å². The van der Waals surface area contributed by atoms with E-state index in [9.17, 15) is 4.79 Å². The smallest absolute Gasteiger partial charge is 0.236 e. The van der Waals surface area contributed by atoms with Crippen molar-refractivity contribution in [3.63, 3.8) is 0 Å².